The van der Waals surface area contributed by atoms with Crippen LogP contribution in [0.1, 0.15) is 11.1 Å². The minimum Gasteiger partial charge on any atom is -0.507 e. The molecule has 0 saturated carbocycles. The van der Waals surface area contributed by atoms with Crippen LogP contribution in [0.4, 0.5) is 11.4 Å². The Morgan fingerprint density at radius 2 is 1.44 bits per heavy atom. The highest BCUT2D eigenvalue weighted by molar-refractivity contribution is 6.44. The molecule has 0 bridgehead atoms. The van der Waals surface area contributed by atoms with Crippen molar-refractivity contribution < 1.29 is 14.7 Å². The first kappa shape index (κ1) is 16.5. The van der Waals surface area contributed by atoms with Gasteiger partial charge < -0.3 is 15.7 Å². The van der Waals surface area contributed by atoms with Crippen molar-refractivity contribution >= 4 is 34.0 Å². The van der Waals surface area contributed by atoms with E-state index in [9.17, 15) is 14.7 Å². The molecule has 2 amide bonds. The van der Waals surface area contributed by atoms with Gasteiger partial charge in [-0.05, 0) is 37.6 Å². The number of hydrogen-bond acceptors (Lipinski definition) is 3. The Labute approximate surface area is 145 Å². The number of aryl methyl sites for hydroxylation is 2. The number of nitrogens with one attached hydrogen (secondary N) is 2. The van der Waals surface area contributed by atoms with Gasteiger partial charge in [0.05, 0.1) is 0 Å². The van der Waals surface area contributed by atoms with E-state index in [0.29, 0.717) is 22.1 Å². The fourth-order valence-electron chi connectivity index (χ4n) is 2.71. The number of aromatic hydroxyl groups is 1. The third-order valence-electron chi connectivity index (χ3n) is 3.98. The Kier molecular flexibility index (Phi) is 4.39. The summed E-state index contributed by atoms with van der Waals surface area (Å²) in [6.07, 6.45) is 0. The first-order valence-corrected chi connectivity index (χ1v) is 7.86. The summed E-state index contributed by atoms with van der Waals surface area (Å²) in [5.41, 5.74) is 3.03. The summed E-state index contributed by atoms with van der Waals surface area (Å²) in [4.78, 5) is 24.4. The van der Waals surface area contributed by atoms with Crippen LogP contribution in [0.25, 0.3) is 10.8 Å². The molecule has 0 aromatic heterocycles. The Bertz CT molecular complexity index is 980. The standard InChI is InChI=1S/C20H18N2O3/c1-12-9-10-16(13(2)11-12)21-19(24)20(25)22-17-7-3-6-15-14(17)5-4-8-18(15)23/h3-11,23H,1-2H3,(H,21,24)(H,22,25). The molecule has 0 spiro atoms. The molecule has 0 aliphatic rings. The van der Waals surface area contributed by atoms with Gasteiger partial charge in [0.15, 0.2) is 0 Å². The molecule has 0 radical (unpaired) electrons. The zero-order chi connectivity index (χ0) is 18.0. The van der Waals surface area contributed by atoms with Crippen LogP contribution in [0.15, 0.2) is 54.6 Å². The molecule has 25 heavy (non-hydrogen) atoms. The largest absolute Gasteiger partial charge is 0.507 e. The molecular formula is C20H18N2O3. The van der Waals surface area contributed by atoms with Crippen molar-refractivity contribution in [2.75, 3.05) is 10.6 Å². The van der Waals surface area contributed by atoms with Gasteiger partial charge in [0.2, 0.25) is 0 Å². The van der Waals surface area contributed by atoms with E-state index in [-0.39, 0.29) is 5.75 Å². The molecule has 0 unspecified atom stereocenters. The number of carbonyl (C=O) groups excluding carboxylic acids is 2. The number of phenols is 1. The smallest absolute Gasteiger partial charge is 0.314 e. The molecule has 0 aliphatic carbocycles. The molecule has 0 saturated heterocycles. The molecule has 0 aliphatic heterocycles. The Hall–Kier alpha value is -3.34. The molecule has 126 valence electrons. The summed E-state index contributed by atoms with van der Waals surface area (Å²) in [7, 11) is 0. The highest BCUT2D eigenvalue weighted by Gasteiger charge is 2.16. The topological polar surface area (TPSA) is 78.4 Å². The van der Waals surface area contributed by atoms with E-state index in [1.165, 1.54) is 0 Å². The lowest BCUT2D eigenvalue weighted by Crippen LogP contribution is -2.29. The SMILES string of the molecule is Cc1ccc(NC(=O)C(=O)Nc2cccc3c(O)cccc23)c(C)c1. The number of rotatable bonds is 2. The first-order valence-electron chi connectivity index (χ1n) is 7.86. The molecule has 3 aromatic carbocycles. The number of phenolic OH excluding ortho intramolecular Hbond substituents is 1. The van der Waals surface area contributed by atoms with Crippen molar-refractivity contribution in [2.45, 2.75) is 13.8 Å². The zero-order valence-electron chi connectivity index (χ0n) is 14.0. The van der Waals surface area contributed by atoms with Crippen LogP contribution in [-0.4, -0.2) is 16.9 Å². The first-order chi connectivity index (χ1) is 12.0. The Balaban J connectivity index is 1.80. The van der Waals surface area contributed by atoms with E-state index in [1.54, 1.807) is 42.5 Å². The van der Waals surface area contributed by atoms with E-state index in [2.05, 4.69) is 10.6 Å². The number of amides is 2. The molecule has 0 atom stereocenters. The van der Waals surface area contributed by atoms with Gasteiger partial charge >= 0.3 is 11.8 Å². The second kappa shape index (κ2) is 6.65. The van der Waals surface area contributed by atoms with Crippen molar-refractivity contribution in [1.82, 2.24) is 0 Å². The molecule has 5 nitrogen and oxygen atoms in total. The lowest BCUT2D eigenvalue weighted by atomic mass is 10.1. The van der Waals surface area contributed by atoms with E-state index < -0.39 is 11.8 Å². The average molecular weight is 334 g/mol. The van der Waals surface area contributed by atoms with Gasteiger partial charge in [-0.1, -0.05) is 42.0 Å². The summed E-state index contributed by atoms with van der Waals surface area (Å²) in [6.45, 7) is 3.83. The lowest BCUT2D eigenvalue weighted by Gasteiger charge is -2.11. The van der Waals surface area contributed by atoms with Crippen LogP contribution in [0.5, 0.6) is 5.75 Å². The van der Waals surface area contributed by atoms with Crippen molar-refractivity contribution in [3.63, 3.8) is 0 Å². The quantitative estimate of drug-likeness (QED) is 0.625. The Morgan fingerprint density at radius 1 is 0.800 bits per heavy atom. The summed E-state index contributed by atoms with van der Waals surface area (Å²) in [6, 6.07) is 15.7. The Morgan fingerprint density at radius 3 is 2.16 bits per heavy atom. The van der Waals surface area contributed by atoms with Crippen LogP contribution in [-0.2, 0) is 9.59 Å². The van der Waals surface area contributed by atoms with Gasteiger partial charge in [0.25, 0.3) is 0 Å². The van der Waals surface area contributed by atoms with Gasteiger partial charge in [-0.15, -0.1) is 0 Å². The van der Waals surface area contributed by atoms with Crippen LogP contribution >= 0.6 is 0 Å². The molecule has 0 heterocycles. The second-order valence-corrected chi connectivity index (χ2v) is 5.90. The summed E-state index contributed by atoms with van der Waals surface area (Å²) >= 11 is 0. The van der Waals surface area contributed by atoms with Crippen molar-refractivity contribution in [2.24, 2.45) is 0 Å². The zero-order valence-corrected chi connectivity index (χ0v) is 14.0. The maximum absolute atomic E-state index is 12.2. The maximum Gasteiger partial charge on any atom is 0.314 e. The van der Waals surface area contributed by atoms with E-state index >= 15 is 0 Å². The van der Waals surface area contributed by atoms with Gasteiger partial charge in [0, 0.05) is 22.1 Å². The average Bonchev–Trinajstić information content (AvgIpc) is 2.58. The predicted octanol–water partition coefficient (Wildman–Crippen LogP) is 3.74. The molecule has 3 rings (SSSR count). The van der Waals surface area contributed by atoms with Crippen LogP contribution in [0, 0.1) is 13.8 Å². The third kappa shape index (κ3) is 3.45. The van der Waals surface area contributed by atoms with Crippen LogP contribution < -0.4 is 10.6 Å². The van der Waals surface area contributed by atoms with Crippen LogP contribution in [0.2, 0.25) is 0 Å². The van der Waals surface area contributed by atoms with Gasteiger partial charge in [0.1, 0.15) is 5.75 Å². The number of anilines is 2. The highest BCUT2D eigenvalue weighted by Crippen LogP contribution is 2.29. The third-order valence-corrected chi connectivity index (χ3v) is 3.98. The number of carbonyl (C=O) groups is 2. The summed E-state index contributed by atoms with van der Waals surface area (Å²) < 4.78 is 0. The highest BCUT2D eigenvalue weighted by atomic mass is 16.3. The van der Waals surface area contributed by atoms with Crippen LogP contribution in [0.3, 0.4) is 0 Å². The van der Waals surface area contributed by atoms with Crippen molar-refractivity contribution in [3.8, 4) is 5.75 Å². The molecule has 3 N–H and O–H groups in total. The normalized spacial score (nSPS) is 10.5. The van der Waals surface area contributed by atoms with Crippen molar-refractivity contribution in [3.05, 3.63) is 65.7 Å². The lowest BCUT2D eigenvalue weighted by molar-refractivity contribution is -0.132. The number of benzene rings is 3. The molecule has 5 heteroatoms. The fraction of sp³-hybridized carbons (Fsp3) is 0.100. The van der Waals surface area contributed by atoms with Gasteiger partial charge in [-0.25, -0.2) is 0 Å². The van der Waals surface area contributed by atoms with E-state index in [4.69, 9.17) is 0 Å². The minimum absolute atomic E-state index is 0.119. The fourth-order valence-corrected chi connectivity index (χ4v) is 2.71. The van der Waals surface area contributed by atoms with Gasteiger partial charge in [-0.2, -0.15) is 0 Å². The van der Waals surface area contributed by atoms with Gasteiger partial charge in [-0.3, -0.25) is 9.59 Å². The summed E-state index contributed by atoms with van der Waals surface area (Å²) in [5, 5.41) is 16.4. The monoisotopic (exact) mass is 334 g/mol. The van der Waals surface area contributed by atoms with E-state index in [1.807, 2.05) is 26.0 Å². The maximum atomic E-state index is 12.2. The van der Waals surface area contributed by atoms with E-state index in [0.717, 1.165) is 11.1 Å². The minimum atomic E-state index is -0.768. The van der Waals surface area contributed by atoms with Crippen molar-refractivity contribution in [1.29, 1.82) is 0 Å². The number of fused-ring (bicyclic) bond motifs is 1. The molecule has 0 fully saturated rings. The second-order valence-electron chi connectivity index (χ2n) is 5.90. The molecular weight excluding hydrogens is 316 g/mol. The number of hydrogen-bond donors (Lipinski definition) is 3. The summed E-state index contributed by atoms with van der Waals surface area (Å²) in [5.74, 6) is -1.40. The molecule has 3 aromatic rings. The predicted molar refractivity (Wildman–Crippen MR) is 98.8 cm³/mol.